The molecule has 3 amide bonds. The van der Waals surface area contributed by atoms with Crippen molar-refractivity contribution in [1.29, 1.82) is 0 Å². The van der Waals surface area contributed by atoms with Gasteiger partial charge in [-0.05, 0) is 68.7 Å². The largest absolute Gasteiger partial charge is 0.494 e. The van der Waals surface area contributed by atoms with Crippen LogP contribution in [0, 0.1) is 6.92 Å². The van der Waals surface area contributed by atoms with Gasteiger partial charge >= 0.3 is 0 Å². The molecule has 0 bridgehead atoms. The number of rotatable bonds is 7. The lowest BCUT2D eigenvalue weighted by atomic mass is 9.94. The zero-order valence-electron chi connectivity index (χ0n) is 19.3. The van der Waals surface area contributed by atoms with Crippen molar-refractivity contribution in [2.24, 2.45) is 0 Å². The topological polar surface area (TPSA) is 87.7 Å². The van der Waals surface area contributed by atoms with E-state index in [9.17, 15) is 14.4 Å². The predicted molar refractivity (Wildman–Crippen MR) is 132 cm³/mol. The van der Waals surface area contributed by atoms with Crippen molar-refractivity contribution < 1.29 is 19.1 Å². The van der Waals surface area contributed by atoms with E-state index in [1.165, 1.54) is 4.90 Å². The molecule has 8 heteroatoms. The maximum atomic E-state index is 13.1. The van der Waals surface area contributed by atoms with Crippen LogP contribution < -0.4 is 15.4 Å². The summed E-state index contributed by atoms with van der Waals surface area (Å²) in [5.41, 5.74) is 2.45. The summed E-state index contributed by atoms with van der Waals surface area (Å²) >= 11 is 6.30. The number of amides is 3. The van der Waals surface area contributed by atoms with Crippen LogP contribution in [0.2, 0.25) is 0 Å². The molecule has 0 saturated heterocycles. The molecule has 0 atom stereocenters. The molecule has 0 unspecified atom stereocenters. The minimum Gasteiger partial charge on any atom is -0.494 e. The van der Waals surface area contributed by atoms with Gasteiger partial charge in [-0.3, -0.25) is 19.3 Å². The molecule has 34 heavy (non-hydrogen) atoms. The summed E-state index contributed by atoms with van der Waals surface area (Å²) in [5, 5.41) is 5.77. The van der Waals surface area contributed by atoms with E-state index in [4.69, 9.17) is 16.3 Å². The van der Waals surface area contributed by atoms with Crippen LogP contribution in [0.15, 0.2) is 53.2 Å². The lowest BCUT2D eigenvalue weighted by Gasteiger charge is -2.29. The lowest BCUT2D eigenvalue weighted by Crippen LogP contribution is -2.42. The Hall–Kier alpha value is -3.32. The fourth-order valence-electron chi connectivity index (χ4n) is 4.34. The second-order valence-electron chi connectivity index (χ2n) is 8.53. The molecule has 1 aliphatic heterocycles. The van der Waals surface area contributed by atoms with Crippen molar-refractivity contribution in [3.05, 3.63) is 64.3 Å². The first kappa shape index (κ1) is 23.8. The van der Waals surface area contributed by atoms with E-state index in [0.717, 1.165) is 43.4 Å². The molecule has 178 valence electrons. The number of nitrogens with one attached hydrogen (secondary N) is 2. The summed E-state index contributed by atoms with van der Waals surface area (Å²) in [4.78, 5) is 40.0. The Labute approximate surface area is 204 Å². The summed E-state index contributed by atoms with van der Waals surface area (Å²) in [6, 6.07) is 12.1. The second-order valence-corrected chi connectivity index (χ2v) is 8.91. The molecule has 7 nitrogen and oxygen atoms in total. The van der Waals surface area contributed by atoms with Crippen molar-refractivity contribution in [3.8, 4) is 5.75 Å². The van der Waals surface area contributed by atoms with E-state index in [1.807, 2.05) is 13.8 Å². The number of anilines is 2. The van der Waals surface area contributed by atoms with E-state index >= 15 is 0 Å². The van der Waals surface area contributed by atoms with Gasteiger partial charge in [-0.25, -0.2) is 0 Å². The average Bonchev–Trinajstić information content (AvgIpc) is 3.05. The van der Waals surface area contributed by atoms with Gasteiger partial charge in [0, 0.05) is 23.0 Å². The Morgan fingerprint density at radius 1 is 1.06 bits per heavy atom. The molecule has 2 aromatic carbocycles. The van der Waals surface area contributed by atoms with Crippen LogP contribution >= 0.6 is 11.6 Å². The molecule has 1 heterocycles. The Morgan fingerprint density at radius 3 is 2.44 bits per heavy atom. The number of hydrogen-bond donors (Lipinski definition) is 2. The standard InChI is InChI=1S/C26H28ClN3O4/c1-3-34-20-13-11-18(12-14-20)28-24(31)17-10-9-16(2)21(15-17)29-23-22(27)25(32)30(26(23)33)19-7-5-4-6-8-19/h9-15,19,29H,3-8H2,1-2H3,(H,28,31). The molecule has 2 aliphatic rings. The molecule has 1 saturated carbocycles. The van der Waals surface area contributed by atoms with E-state index in [1.54, 1.807) is 42.5 Å². The summed E-state index contributed by atoms with van der Waals surface area (Å²) in [5.74, 6) is -0.441. The fourth-order valence-corrected chi connectivity index (χ4v) is 4.55. The van der Waals surface area contributed by atoms with Crippen molar-refractivity contribution in [2.45, 2.75) is 52.0 Å². The number of hydrogen-bond acceptors (Lipinski definition) is 5. The third-order valence-electron chi connectivity index (χ3n) is 6.18. The average molecular weight is 482 g/mol. The van der Waals surface area contributed by atoms with Crippen LogP contribution in [0.25, 0.3) is 0 Å². The van der Waals surface area contributed by atoms with Crippen LogP contribution in [-0.2, 0) is 9.59 Å². The quantitative estimate of drug-likeness (QED) is 0.530. The first-order valence-electron chi connectivity index (χ1n) is 11.6. The normalized spacial score (nSPS) is 16.7. The number of carbonyl (C=O) groups excluding carboxylic acids is 3. The number of imide groups is 1. The van der Waals surface area contributed by atoms with E-state index in [2.05, 4.69) is 10.6 Å². The highest BCUT2D eigenvalue weighted by atomic mass is 35.5. The van der Waals surface area contributed by atoms with Gasteiger partial charge in [0.25, 0.3) is 17.7 Å². The Balaban J connectivity index is 1.50. The SMILES string of the molecule is CCOc1ccc(NC(=O)c2ccc(C)c(NC3=C(Cl)C(=O)N(C4CCCCC4)C3=O)c2)cc1. The van der Waals surface area contributed by atoms with Gasteiger partial charge in [0.15, 0.2) is 0 Å². The highest BCUT2D eigenvalue weighted by Gasteiger charge is 2.42. The molecule has 0 radical (unpaired) electrons. The van der Waals surface area contributed by atoms with Crippen LogP contribution in [0.5, 0.6) is 5.75 Å². The molecule has 1 aliphatic carbocycles. The molecule has 0 spiro atoms. The zero-order valence-corrected chi connectivity index (χ0v) is 20.1. The monoisotopic (exact) mass is 481 g/mol. The van der Waals surface area contributed by atoms with E-state index in [-0.39, 0.29) is 22.7 Å². The van der Waals surface area contributed by atoms with E-state index in [0.29, 0.717) is 23.5 Å². The molecule has 4 rings (SSSR count). The number of halogens is 1. The maximum Gasteiger partial charge on any atom is 0.279 e. The lowest BCUT2D eigenvalue weighted by molar-refractivity contribution is -0.140. The summed E-state index contributed by atoms with van der Waals surface area (Å²) in [7, 11) is 0. The summed E-state index contributed by atoms with van der Waals surface area (Å²) < 4.78 is 5.42. The molecule has 2 N–H and O–H groups in total. The fraction of sp³-hybridized carbons (Fsp3) is 0.346. The van der Waals surface area contributed by atoms with Gasteiger partial charge in [-0.15, -0.1) is 0 Å². The van der Waals surface area contributed by atoms with Crippen molar-refractivity contribution >= 4 is 40.7 Å². The van der Waals surface area contributed by atoms with Crippen LogP contribution in [0.1, 0.15) is 54.9 Å². The van der Waals surface area contributed by atoms with E-state index < -0.39 is 11.8 Å². The van der Waals surface area contributed by atoms with Gasteiger partial charge < -0.3 is 15.4 Å². The predicted octanol–water partition coefficient (Wildman–Crippen LogP) is 5.21. The zero-order chi connectivity index (χ0) is 24.2. The van der Waals surface area contributed by atoms with Gasteiger partial charge in [-0.2, -0.15) is 0 Å². The van der Waals surface area contributed by atoms with Crippen LogP contribution in [0.4, 0.5) is 11.4 Å². The molecule has 0 aromatic heterocycles. The van der Waals surface area contributed by atoms with Crippen molar-refractivity contribution in [3.63, 3.8) is 0 Å². The maximum absolute atomic E-state index is 13.1. The minimum absolute atomic E-state index is 0.0596. The molecular weight excluding hydrogens is 454 g/mol. The summed E-state index contributed by atoms with van der Waals surface area (Å²) in [6.45, 7) is 4.33. The number of nitrogens with zero attached hydrogens (tertiary/aromatic N) is 1. The van der Waals surface area contributed by atoms with Gasteiger partial charge in [0.1, 0.15) is 16.5 Å². The van der Waals surface area contributed by atoms with Gasteiger partial charge in [0.05, 0.1) is 6.61 Å². The Kier molecular flexibility index (Phi) is 7.22. The highest BCUT2D eigenvalue weighted by molar-refractivity contribution is 6.48. The molecule has 2 aromatic rings. The van der Waals surface area contributed by atoms with Crippen molar-refractivity contribution in [2.75, 3.05) is 17.2 Å². The second kappa shape index (κ2) is 10.3. The third-order valence-corrected chi connectivity index (χ3v) is 6.53. The Morgan fingerprint density at radius 2 is 1.76 bits per heavy atom. The summed E-state index contributed by atoms with van der Waals surface area (Å²) in [6.07, 6.45) is 4.70. The number of benzene rings is 2. The highest BCUT2D eigenvalue weighted by Crippen LogP contribution is 2.33. The first-order chi connectivity index (χ1) is 16.4. The van der Waals surface area contributed by atoms with Gasteiger partial charge in [-0.1, -0.05) is 36.9 Å². The minimum atomic E-state index is -0.455. The Bertz CT molecular complexity index is 1140. The number of aryl methyl sites for hydroxylation is 1. The number of carbonyl (C=O) groups is 3. The van der Waals surface area contributed by atoms with Crippen LogP contribution in [0.3, 0.4) is 0 Å². The van der Waals surface area contributed by atoms with Gasteiger partial charge in [0.2, 0.25) is 0 Å². The van der Waals surface area contributed by atoms with Crippen LogP contribution in [-0.4, -0.2) is 35.3 Å². The number of ether oxygens (including phenoxy) is 1. The molecular formula is C26H28ClN3O4. The molecule has 1 fully saturated rings. The van der Waals surface area contributed by atoms with Crippen molar-refractivity contribution in [1.82, 2.24) is 4.90 Å². The third kappa shape index (κ3) is 4.94. The first-order valence-corrected chi connectivity index (χ1v) is 12.0. The smallest absolute Gasteiger partial charge is 0.279 e.